The second-order valence-electron chi connectivity index (χ2n) is 4.93. The van der Waals surface area contributed by atoms with Gasteiger partial charge in [0.15, 0.2) is 0 Å². The van der Waals surface area contributed by atoms with Crippen LogP contribution in [0.15, 0.2) is 18.2 Å². The summed E-state index contributed by atoms with van der Waals surface area (Å²) in [6.45, 7) is 3.29. The van der Waals surface area contributed by atoms with E-state index in [0.717, 1.165) is 6.54 Å². The third-order valence-corrected chi connectivity index (χ3v) is 3.89. The molecule has 0 saturated heterocycles. The van der Waals surface area contributed by atoms with E-state index in [9.17, 15) is 0 Å². The minimum atomic E-state index is 0.407. The first-order chi connectivity index (χ1) is 7.29. The van der Waals surface area contributed by atoms with Crippen LogP contribution in [0.2, 0.25) is 0 Å². The van der Waals surface area contributed by atoms with Gasteiger partial charge in [-0.05, 0) is 44.2 Å². The van der Waals surface area contributed by atoms with Gasteiger partial charge in [0.25, 0.3) is 0 Å². The van der Waals surface area contributed by atoms with Crippen LogP contribution in [0, 0.1) is 6.92 Å². The first kappa shape index (κ1) is 9.08. The first-order valence-corrected chi connectivity index (χ1v) is 5.91. The van der Waals surface area contributed by atoms with Gasteiger partial charge >= 0.3 is 0 Å². The van der Waals surface area contributed by atoms with Crippen molar-refractivity contribution in [3.8, 4) is 0 Å². The lowest BCUT2D eigenvalue weighted by Crippen LogP contribution is -2.45. The summed E-state index contributed by atoms with van der Waals surface area (Å²) in [7, 11) is 0. The molecule has 2 N–H and O–H groups in total. The highest BCUT2D eigenvalue weighted by Crippen LogP contribution is 2.42. The first-order valence-electron chi connectivity index (χ1n) is 5.91. The van der Waals surface area contributed by atoms with Crippen LogP contribution in [0.3, 0.4) is 0 Å². The predicted octanol–water partition coefficient (Wildman–Crippen LogP) is 3.15. The molecule has 1 heterocycles. The average Bonchev–Trinajstić information content (AvgIpc) is 2.37. The standard InChI is InChI=1S/C13H18N2/c1-10-4-2-5-11-12(10)15-13(6-3-7-13)8-9-14-11/h2,4-5,14-15H,3,6-9H2,1H3. The Kier molecular flexibility index (Phi) is 1.91. The minimum Gasteiger partial charge on any atom is -0.383 e. The molecule has 2 aliphatic rings. The van der Waals surface area contributed by atoms with Gasteiger partial charge in [-0.1, -0.05) is 12.1 Å². The summed E-state index contributed by atoms with van der Waals surface area (Å²) >= 11 is 0. The van der Waals surface area contributed by atoms with E-state index in [1.54, 1.807) is 0 Å². The topological polar surface area (TPSA) is 24.1 Å². The molecule has 1 fully saturated rings. The Bertz CT molecular complexity index is 380. The van der Waals surface area contributed by atoms with Gasteiger partial charge in [0.05, 0.1) is 11.4 Å². The van der Waals surface area contributed by atoms with Crippen molar-refractivity contribution in [2.75, 3.05) is 17.2 Å². The molecule has 0 amide bonds. The van der Waals surface area contributed by atoms with Gasteiger partial charge in [-0.3, -0.25) is 0 Å². The normalized spacial score (nSPS) is 21.9. The van der Waals surface area contributed by atoms with E-state index in [0.29, 0.717) is 5.54 Å². The zero-order chi connectivity index (χ0) is 10.3. The largest absolute Gasteiger partial charge is 0.383 e. The van der Waals surface area contributed by atoms with Gasteiger partial charge in [-0.15, -0.1) is 0 Å². The van der Waals surface area contributed by atoms with Gasteiger partial charge < -0.3 is 10.6 Å². The van der Waals surface area contributed by atoms with Crippen LogP contribution in [0.4, 0.5) is 11.4 Å². The van der Waals surface area contributed by atoms with Crippen LogP contribution < -0.4 is 10.6 Å². The summed E-state index contributed by atoms with van der Waals surface area (Å²) in [5.74, 6) is 0. The van der Waals surface area contributed by atoms with E-state index >= 15 is 0 Å². The number of aryl methyl sites for hydroxylation is 1. The van der Waals surface area contributed by atoms with Crippen molar-refractivity contribution in [1.82, 2.24) is 0 Å². The molecule has 15 heavy (non-hydrogen) atoms. The van der Waals surface area contributed by atoms with Crippen LogP contribution in [0.25, 0.3) is 0 Å². The fourth-order valence-electron chi connectivity index (χ4n) is 2.72. The lowest BCUT2D eigenvalue weighted by Gasteiger charge is -2.42. The maximum Gasteiger partial charge on any atom is 0.0609 e. The highest BCUT2D eigenvalue weighted by Gasteiger charge is 2.38. The second-order valence-corrected chi connectivity index (χ2v) is 4.93. The van der Waals surface area contributed by atoms with Crippen LogP contribution in [-0.4, -0.2) is 12.1 Å². The average molecular weight is 202 g/mol. The highest BCUT2D eigenvalue weighted by molar-refractivity contribution is 5.74. The number of hydrogen-bond donors (Lipinski definition) is 2. The maximum absolute atomic E-state index is 3.78. The van der Waals surface area contributed by atoms with Crippen molar-refractivity contribution in [3.63, 3.8) is 0 Å². The SMILES string of the molecule is Cc1cccc2c1NC1(CCC1)CCN2. The van der Waals surface area contributed by atoms with Crippen LogP contribution >= 0.6 is 0 Å². The fraction of sp³-hybridized carbons (Fsp3) is 0.538. The molecule has 2 heteroatoms. The van der Waals surface area contributed by atoms with Crippen LogP contribution in [-0.2, 0) is 0 Å². The summed E-state index contributed by atoms with van der Waals surface area (Å²) < 4.78 is 0. The maximum atomic E-state index is 3.78. The van der Waals surface area contributed by atoms with Gasteiger partial charge in [-0.2, -0.15) is 0 Å². The zero-order valence-corrected chi connectivity index (χ0v) is 9.27. The Morgan fingerprint density at radius 1 is 1.20 bits per heavy atom. The second kappa shape index (κ2) is 3.16. The number of fused-ring (bicyclic) bond motifs is 1. The summed E-state index contributed by atoms with van der Waals surface area (Å²) in [4.78, 5) is 0. The summed E-state index contributed by atoms with van der Waals surface area (Å²) in [6.07, 6.45) is 5.31. The van der Waals surface area contributed by atoms with Gasteiger partial charge in [-0.25, -0.2) is 0 Å². The van der Waals surface area contributed by atoms with Gasteiger partial charge in [0.1, 0.15) is 0 Å². The minimum absolute atomic E-state index is 0.407. The summed E-state index contributed by atoms with van der Waals surface area (Å²) in [5.41, 5.74) is 4.37. The van der Waals surface area contributed by atoms with Gasteiger partial charge in [0, 0.05) is 12.1 Å². The number of anilines is 2. The third kappa shape index (κ3) is 1.39. The molecule has 2 nitrogen and oxygen atoms in total. The Morgan fingerprint density at radius 2 is 2.07 bits per heavy atom. The van der Waals surface area contributed by atoms with E-state index < -0.39 is 0 Å². The molecule has 1 aromatic carbocycles. The van der Waals surface area contributed by atoms with E-state index in [2.05, 4.69) is 35.8 Å². The number of nitrogens with one attached hydrogen (secondary N) is 2. The molecule has 1 aromatic rings. The lowest BCUT2D eigenvalue weighted by molar-refractivity contribution is 0.268. The van der Waals surface area contributed by atoms with Gasteiger partial charge in [0.2, 0.25) is 0 Å². The molecule has 0 bridgehead atoms. The van der Waals surface area contributed by atoms with E-state index in [1.807, 2.05) is 0 Å². The Balaban J connectivity index is 2.00. The quantitative estimate of drug-likeness (QED) is 0.675. The predicted molar refractivity (Wildman–Crippen MR) is 64.5 cm³/mol. The third-order valence-electron chi connectivity index (χ3n) is 3.89. The molecular weight excluding hydrogens is 184 g/mol. The van der Waals surface area contributed by atoms with Crippen molar-refractivity contribution < 1.29 is 0 Å². The molecule has 1 aliphatic heterocycles. The lowest BCUT2D eigenvalue weighted by atomic mass is 9.74. The number of para-hydroxylation sites is 1. The molecule has 0 aromatic heterocycles. The van der Waals surface area contributed by atoms with Crippen molar-refractivity contribution in [2.45, 2.75) is 38.1 Å². The highest BCUT2D eigenvalue weighted by atomic mass is 15.1. The summed E-state index contributed by atoms with van der Waals surface area (Å²) in [5, 5.41) is 7.30. The number of rotatable bonds is 0. The molecule has 80 valence electrons. The Morgan fingerprint density at radius 3 is 2.80 bits per heavy atom. The van der Waals surface area contributed by atoms with Crippen molar-refractivity contribution in [2.24, 2.45) is 0 Å². The van der Waals surface area contributed by atoms with E-state index in [1.165, 1.54) is 42.6 Å². The molecule has 0 unspecified atom stereocenters. The Labute approximate surface area is 91.1 Å². The van der Waals surface area contributed by atoms with Crippen molar-refractivity contribution in [3.05, 3.63) is 23.8 Å². The van der Waals surface area contributed by atoms with E-state index in [-0.39, 0.29) is 0 Å². The molecular formula is C13H18N2. The monoisotopic (exact) mass is 202 g/mol. The molecule has 1 spiro atoms. The number of hydrogen-bond acceptors (Lipinski definition) is 2. The van der Waals surface area contributed by atoms with Crippen LogP contribution in [0.5, 0.6) is 0 Å². The zero-order valence-electron chi connectivity index (χ0n) is 9.27. The molecule has 3 rings (SSSR count). The molecule has 0 radical (unpaired) electrons. The molecule has 1 saturated carbocycles. The summed E-state index contributed by atoms with van der Waals surface area (Å²) in [6, 6.07) is 6.49. The van der Waals surface area contributed by atoms with E-state index in [4.69, 9.17) is 0 Å². The number of benzene rings is 1. The Hall–Kier alpha value is -1.18. The van der Waals surface area contributed by atoms with Crippen molar-refractivity contribution in [1.29, 1.82) is 0 Å². The fourth-order valence-corrected chi connectivity index (χ4v) is 2.72. The molecule has 1 aliphatic carbocycles. The molecule has 0 atom stereocenters. The van der Waals surface area contributed by atoms with Crippen LogP contribution in [0.1, 0.15) is 31.2 Å². The van der Waals surface area contributed by atoms with Crippen molar-refractivity contribution >= 4 is 11.4 Å². The smallest absolute Gasteiger partial charge is 0.0609 e.